The molecule has 15 heteroatoms. The lowest BCUT2D eigenvalue weighted by molar-refractivity contribution is -0.202. The van der Waals surface area contributed by atoms with Crippen LogP contribution in [-0.2, 0) is 43.4 Å². The zero-order valence-corrected chi connectivity index (χ0v) is 20.7. The number of carbonyl (C=O) groups excluding carboxylic acids is 3. The molecule has 3 heterocycles. The molecule has 0 aromatic carbocycles. The number of hydrogen-bond acceptors (Lipinski definition) is 11. The molecule has 7 fully saturated rings. The summed E-state index contributed by atoms with van der Waals surface area (Å²) in [5.41, 5.74) is -1.53. The second-order valence-electron chi connectivity index (χ2n) is 10.2. The first-order chi connectivity index (χ1) is 16.2. The van der Waals surface area contributed by atoms with Crippen LogP contribution in [0.2, 0.25) is 0 Å². The Kier molecular flexibility index (Phi) is 5.15. The van der Waals surface area contributed by atoms with E-state index in [1.807, 2.05) is 0 Å². The van der Waals surface area contributed by atoms with Gasteiger partial charge in [0.25, 0.3) is 0 Å². The number of alkyl halides is 2. The number of rotatable bonds is 4. The molecule has 7 unspecified atom stereocenters. The molecule has 0 aromatic rings. The standard InChI is InChI=1S/C20H22F2O10S3/c1-7(23)29-13-11-12(30-15(13)24)14-16(31-11)34-19(33-14)9-2-8-3-10(19)6-18(4-8,5-9)32-17(25)20(21,22)35(26,27)28/h8-14,16H,2-6H2,1H3,(H,26,27,28). The van der Waals surface area contributed by atoms with E-state index in [2.05, 4.69) is 0 Å². The minimum absolute atomic E-state index is 0.0232. The van der Waals surface area contributed by atoms with E-state index in [-0.39, 0.29) is 45.4 Å². The Bertz CT molecular complexity index is 1100. The van der Waals surface area contributed by atoms with Gasteiger partial charge in [0.2, 0.25) is 6.10 Å². The van der Waals surface area contributed by atoms with Crippen molar-refractivity contribution >= 4 is 51.5 Å². The van der Waals surface area contributed by atoms with Crippen molar-refractivity contribution in [3.05, 3.63) is 0 Å². The Labute approximate surface area is 207 Å². The van der Waals surface area contributed by atoms with Crippen molar-refractivity contribution in [2.24, 2.45) is 17.8 Å². The van der Waals surface area contributed by atoms with E-state index in [1.165, 1.54) is 6.92 Å². The van der Waals surface area contributed by atoms with Gasteiger partial charge in [-0.1, -0.05) is 0 Å². The summed E-state index contributed by atoms with van der Waals surface area (Å²) in [5, 5.41) is -5.23. The van der Waals surface area contributed by atoms with Crippen LogP contribution in [0, 0.1) is 17.8 Å². The number of halogens is 2. The molecule has 10 nitrogen and oxygen atoms in total. The quantitative estimate of drug-likeness (QED) is 0.306. The molecule has 4 aliphatic carbocycles. The van der Waals surface area contributed by atoms with E-state index in [0.29, 0.717) is 6.42 Å². The van der Waals surface area contributed by atoms with Crippen LogP contribution >= 0.6 is 23.5 Å². The highest BCUT2D eigenvalue weighted by Crippen LogP contribution is 2.74. The minimum Gasteiger partial charge on any atom is -0.455 e. The highest BCUT2D eigenvalue weighted by molar-refractivity contribution is 8.22. The van der Waals surface area contributed by atoms with Crippen LogP contribution in [0.5, 0.6) is 0 Å². The number of thioether (sulfide) groups is 2. The van der Waals surface area contributed by atoms with Crippen LogP contribution in [0.4, 0.5) is 8.78 Å². The third kappa shape index (κ3) is 3.40. The fourth-order valence-electron chi connectivity index (χ4n) is 7.02. The Morgan fingerprint density at radius 1 is 1.14 bits per heavy atom. The SMILES string of the molecule is CC(=O)OC1C(=O)OC2C1OC1SC3(SC12)C1CC2CC3CC(OC(=O)C(F)(F)S(=O)(=O)O)(C2)C1. The topological polar surface area (TPSA) is 142 Å². The normalized spacial score (nSPS) is 47.5. The molecule has 4 saturated carbocycles. The molecule has 7 aliphatic rings. The zero-order chi connectivity index (χ0) is 25.1. The van der Waals surface area contributed by atoms with Gasteiger partial charge in [0, 0.05) is 6.92 Å². The first-order valence-corrected chi connectivity index (χ1v) is 14.4. The monoisotopic (exact) mass is 556 g/mol. The summed E-state index contributed by atoms with van der Waals surface area (Å²) in [4.78, 5) is 35.7. The van der Waals surface area contributed by atoms with Crippen LogP contribution in [0.1, 0.15) is 39.0 Å². The fraction of sp³-hybridized carbons (Fsp3) is 0.850. The van der Waals surface area contributed by atoms with Gasteiger partial charge in [0.1, 0.15) is 23.2 Å². The predicted octanol–water partition coefficient (Wildman–Crippen LogP) is 1.72. The molecular weight excluding hydrogens is 534 g/mol. The van der Waals surface area contributed by atoms with Crippen LogP contribution in [0.25, 0.3) is 0 Å². The van der Waals surface area contributed by atoms with Gasteiger partial charge < -0.3 is 18.9 Å². The van der Waals surface area contributed by atoms with E-state index in [0.717, 1.165) is 12.8 Å². The molecule has 0 aromatic heterocycles. The molecule has 3 saturated heterocycles. The van der Waals surface area contributed by atoms with E-state index in [4.69, 9.17) is 23.5 Å². The van der Waals surface area contributed by atoms with E-state index in [1.54, 1.807) is 23.5 Å². The average molecular weight is 557 g/mol. The van der Waals surface area contributed by atoms with E-state index in [9.17, 15) is 31.6 Å². The Morgan fingerprint density at radius 2 is 1.80 bits per heavy atom. The summed E-state index contributed by atoms with van der Waals surface area (Å²) >= 11 is 3.25. The highest BCUT2D eigenvalue weighted by atomic mass is 32.2. The van der Waals surface area contributed by atoms with Gasteiger partial charge in [-0.25, -0.2) is 9.59 Å². The zero-order valence-electron chi connectivity index (χ0n) is 18.3. The summed E-state index contributed by atoms with van der Waals surface area (Å²) < 4.78 is 80.2. The van der Waals surface area contributed by atoms with E-state index < -0.39 is 57.2 Å². The van der Waals surface area contributed by atoms with Crippen LogP contribution in [-0.4, -0.2) is 74.8 Å². The highest BCUT2D eigenvalue weighted by Gasteiger charge is 2.72. The number of ether oxygens (including phenoxy) is 4. The first kappa shape index (κ1) is 24.2. The largest absolute Gasteiger partial charge is 0.465 e. The van der Waals surface area contributed by atoms with Crippen molar-refractivity contribution in [1.82, 2.24) is 0 Å². The fourth-order valence-corrected chi connectivity index (χ4v) is 11.7. The van der Waals surface area contributed by atoms with Crippen molar-refractivity contribution in [2.45, 2.75) is 83.0 Å². The van der Waals surface area contributed by atoms with Crippen molar-refractivity contribution in [2.75, 3.05) is 0 Å². The second-order valence-corrected chi connectivity index (χ2v) is 14.8. The minimum atomic E-state index is -5.95. The summed E-state index contributed by atoms with van der Waals surface area (Å²) in [6.45, 7) is 1.21. The van der Waals surface area contributed by atoms with Gasteiger partial charge in [-0.2, -0.15) is 17.2 Å². The molecule has 7 atom stereocenters. The summed E-state index contributed by atoms with van der Waals surface area (Å²) in [6.07, 6.45) is 0.173. The molecule has 4 bridgehead atoms. The molecule has 35 heavy (non-hydrogen) atoms. The molecule has 3 aliphatic heterocycles. The molecule has 0 radical (unpaired) electrons. The third-order valence-electron chi connectivity index (χ3n) is 8.05. The molecule has 1 N–H and O–H groups in total. The van der Waals surface area contributed by atoms with Crippen molar-refractivity contribution in [3.8, 4) is 0 Å². The van der Waals surface area contributed by atoms with Crippen LogP contribution in [0.15, 0.2) is 0 Å². The Hall–Kier alpha value is -1.16. The average Bonchev–Trinajstić information content (AvgIpc) is 3.34. The van der Waals surface area contributed by atoms with Crippen LogP contribution < -0.4 is 0 Å². The molecule has 7 rings (SSSR count). The van der Waals surface area contributed by atoms with E-state index >= 15 is 0 Å². The smallest absolute Gasteiger partial charge is 0.455 e. The lowest BCUT2D eigenvalue weighted by Crippen LogP contribution is -2.62. The molecular formula is C20H22F2O10S3. The Balaban J connectivity index is 1.21. The van der Waals surface area contributed by atoms with Gasteiger partial charge in [0.15, 0.2) is 0 Å². The van der Waals surface area contributed by atoms with Gasteiger partial charge in [-0.3, -0.25) is 9.35 Å². The van der Waals surface area contributed by atoms with Gasteiger partial charge in [0.05, 0.1) is 9.33 Å². The maximum absolute atomic E-state index is 13.9. The third-order valence-corrected chi connectivity index (χ3v) is 13.1. The lowest BCUT2D eigenvalue weighted by Gasteiger charge is -2.63. The van der Waals surface area contributed by atoms with Crippen LogP contribution in [0.3, 0.4) is 0 Å². The maximum Gasteiger partial charge on any atom is 0.465 e. The van der Waals surface area contributed by atoms with Crippen molar-refractivity contribution < 1.29 is 55.1 Å². The van der Waals surface area contributed by atoms with Gasteiger partial charge in [-0.15, -0.1) is 23.5 Å². The van der Waals surface area contributed by atoms with Gasteiger partial charge >= 0.3 is 33.3 Å². The predicted molar refractivity (Wildman–Crippen MR) is 115 cm³/mol. The lowest BCUT2D eigenvalue weighted by atomic mass is 9.53. The number of fused-ring (bicyclic) bond motifs is 3. The number of esters is 3. The summed E-state index contributed by atoms with van der Waals surface area (Å²) in [5.74, 6) is -3.41. The molecule has 0 amide bonds. The first-order valence-electron chi connectivity index (χ1n) is 11.2. The maximum atomic E-state index is 13.9. The summed E-state index contributed by atoms with van der Waals surface area (Å²) in [7, 11) is -5.95. The van der Waals surface area contributed by atoms with Gasteiger partial charge in [-0.05, 0) is 49.9 Å². The van der Waals surface area contributed by atoms with Crippen molar-refractivity contribution in [3.63, 3.8) is 0 Å². The Morgan fingerprint density at radius 3 is 2.40 bits per heavy atom. The second kappa shape index (κ2) is 7.45. The number of carbonyl (C=O) groups is 3. The molecule has 1 spiro atoms. The van der Waals surface area contributed by atoms with Crippen molar-refractivity contribution in [1.29, 1.82) is 0 Å². The molecule has 194 valence electrons. The summed E-state index contributed by atoms with van der Waals surface area (Å²) in [6, 6.07) is 0. The number of hydrogen-bond donors (Lipinski definition) is 1.